The average Bonchev–Trinajstić information content (AvgIpc) is 3.25. The molecule has 4 rings (SSSR count). The summed E-state index contributed by atoms with van der Waals surface area (Å²) in [6, 6.07) is 8.73. The number of aromatic nitrogens is 4. The maximum absolute atomic E-state index is 14.3. The van der Waals surface area contributed by atoms with Crippen LogP contribution in [0.1, 0.15) is 5.56 Å². The van der Waals surface area contributed by atoms with E-state index < -0.39 is 0 Å². The van der Waals surface area contributed by atoms with Crippen LogP contribution in [0, 0.1) is 5.82 Å². The minimum absolute atomic E-state index is 0.277. The van der Waals surface area contributed by atoms with Crippen LogP contribution in [0.25, 0.3) is 15.9 Å². The van der Waals surface area contributed by atoms with E-state index in [0.717, 1.165) is 10.2 Å². The average molecular weight is 325 g/mol. The molecule has 0 unspecified atom stereocenters. The molecule has 0 atom stereocenters. The third-order valence-electron chi connectivity index (χ3n) is 3.54. The van der Waals surface area contributed by atoms with Crippen molar-refractivity contribution < 1.29 is 4.39 Å². The summed E-state index contributed by atoms with van der Waals surface area (Å²) in [5.74, 6) is 0.423. The molecule has 0 spiro atoms. The highest BCUT2D eigenvalue weighted by molar-refractivity contribution is 7.16. The van der Waals surface area contributed by atoms with E-state index in [1.54, 1.807) is 40.5 Å². The van der Waals surface area contributed by atoms with Gasteiger partial charge < -0.3 is 5.32 Å². The second-order valence-electron chi connectivity index (χ2n) is 4.90. The molecule has 0 aliphatic heterocycles. The molecule has 0 saturated heterocycles. The standard InChI is InChI=1S/C16H12FN5S/c17-13-3-1-4-14(22-7-2-6-21-22)12(13)9-18-15-11-5-8-23-16(11)20-10-19-15/h1-8,10H,9H2,(H,18,19,20). The van der Waals surface area contributed by atoms with Crippen LogP contribution in [0.5, 0.6) is 0 Å². The van der Waals surface area contributed by atoms with Crippen LogP contribution < -0.4 is 5.32 Å². The highest BCUT2D eigenvalue weighted by Crippen LogP contribution is 2.25. The molecule has 0 aliphatic rings. The van der Waals surface area contributed by atoms with Gasteiger partial charge in [-0.2, -0.15) is 5.10 Å². The second kappa shape index (κ2) is 5.77. The fourth-order valence-corrected chi connectivity index (χ4v) is 3.18. The third-order valence-corrected chi connectivity index (χ3v) is 4.36. The highest BCUT2D eigenvalue weighted by atomic mass is 32.1. The number of halogens is 1. The summed E-state index contributed by atoms with van der Waals surface area (Å²) in [7, 11) is 0. The van der Waals surface area contributed by atoms with Crippen molar-refractivity contribution in [2.75, 3.05) is 5.32 Å². The quantitative estimate of drug-likeness (QED) is 0.622. The van der Waals surface area contributed by atoms with Gasteiger partial charge in [-0.25, -0.2) is 19.0 Å². The van der Waals surface area contributed by atoms with Gasteiger partial charge in [0.25, 0.3) is 0 Å². The summed E-state index contributed by atoms with van der Waals surface area (Å²) in [6.07, 6.45) is 4.97. The van der Waals surface area contributed by atoms with Crippen LogP contribution >= 0.6 is 11.3 Å². The molecule has 0 saturated carbocycles. The molecule has 0 fully saturated rings. The summed E-state index contributed by atoms with van der Waals surface area (Å²) in [5, 5.41) is 10.3. The number of nitrogens with zero attached hydrogens (tertiary/aromatic N) is 4. The maximum atomic E-state index is 14.3. The number of benzene rings is 1. The molecule has 1 N–H and O–H groups in total. The van der Waals surface area contributed by atoms with Crippen molar-refractivity contribution in [3.8, 4) is 5.69 Å². The first-order valence-corrected chi connectivity index (χ1v) is 7.90. The van der Waals surface area contributed by atoms with Gasteiger partial charge in [0.1, 0.15) is 22.8 Å². The molecule has 114 valence electrons. The van der Waals surface area contributed by atoms with E-state index in [0.29, 0.717) is 23.6 Å². The molecule has 3 heterocycles. The van der Waals surface area contributed by atoms with Gasteiger partial charge in [0.05, 0.1) is 11.1 Å². The fraction of sp³-hybridized carbons (Fsp3) is 0.0625. The molecule has 23 heavy (non-hydrogen) atoms. The number of hydrogen-bond donors (Lipinski definition) is 1. The summed E-state index contributed by atoms with van der Waals surface area (Å²) < 4.78 is 15.9. The first-order valence-electron chi connectivity index (χ1n) is 7.02. The molecular weight excluding hydrogens is 313 g/mol. The van der Waals surface area contributed by atoms with Crippen molar-refractivity contribution in [2.45, 2.75) is 6.54 Å². The summed E-state index contributed by atoms with van der Waals surface area (Å²) in [6.45, 7) is 0.309. The Morgan fingerprint density at radius 3 is 3.00 bits per heavy atom. The SMILES string of the molecule is Fc1cccc(-n2cccn2)c1CNc1ncnc2sccc12. The number of anilines is 1. The Bertz CT molecular complexity index is 948. The van der Waals surface area contributed by atoms with Gasteiger partial charge in [-0.05, 0) is 29.6 Å². The first kappa shape index (κ1) is 13.8. The largest absolute Gasteiger partial charge is 0.365 e. The van der Waals surface area contributed by atoms with Crippen molar-refractivity contribution in [3.63, 3.8) is 0 Å². The van der Waals surface area contributed by atoms with Crippen molar-refractivity contribution in [3.05, 3.63) is 65.8 Å². The number of thiophene rings is 1. The van der Waals surface area contributed by atoms with Crippen molar-refractivity contribution >= 4 is 27.4 Å². The van der Waals surface area contributed by atoms with Crippen LogP contribution in [0.3, 0.4) is 0 Å². The molecule has 5 nitrogen and oxygen atoms in total. The number of hydrogen-bond acceptors (Lipinski definition) is 5. The van der Waals surface area contributed by atoms with E-state index in [4.69, 9.17) is 0 Å². The molecule has 7 heteroatoms. The molecular formula is C16H12FN5S. The van der Waals surface area contributed by atoms with Crippen LogP contribution in [0.2, 0.25) is 0 Å². The lowest BCUT2D eigenvalue weighted by Gasteiger charge is -2.12. The minimum atomic E-state index is -0.277. The summed E-state index contributed by atoms with van der Waals surface area (Å²) >= 11 is 1.55. The van der Waals surface area contributed by atoms with E-state index in [1.165, 1.54) is 12.4 Å². The maximum Gasteiger partial charge on any atom is 0.138 e. The van der Waals surface area contributed by atoms with Crippen LogP contribution in [0.4, 0.5) is 10.2 Å². The zero-order chi connectivity index (χ0) is 15.6. The van der Waals surface area contributed by atoms with Gasteiger partial charge >= 0.3 is 0 Å². The molecule has 0 bridgehead atoms. The van der Waals surface area contributed by atoms with Gasteiger partial charge in [-0.15, -0.1) is 11.3 Å². The topological polar surface area (TPSA) is 55.6 Å². The smallest absolute Gasteiger partial charge is 0.138 e. The Labute approximate surface area is 135 Å². The lowest BCUT2D eigenvalue weighted by Crippen LogP contribution is -2.09. The third kappa shape index (κ3) is 2.55. The van der Waals surface area contributed by atoms with E-state index in [9.17, 15) is 4.39 Å². The van der Waals surface area contributed by atoms with Gasteiger partial charge in [-0.1, -0.05) is 6.07 Å². The number of nitrogens with one attached hydrogen (secondary N) is 1. The zero-order valence-electron chi connectivity index (χ0n) is 12.0. The van der Waals surface area contributed by atoms with Crippen LogP contribution in [0.15, 0.2) is 54.4 Å². The predicted molar refractivity (Wildman–Crippen MR) is 88.3 cm³/mol. The Balaban J connectivity index is 1.68. The van der Waals surface area contributed by atoms with Gasteiger partial charge in [-0.3, -0.25) is 0 Å². The van der Waals surface area contributed by atoms with E-state index >= 15 is 0 Å². The molecule has 1 aromatic carbocycles. The van der Waals surface area contributed by atoms with Crippen molar-refractivity contribution in [2.24, 2.45) is 0 Å². The van der Waals surface area contributed by atoms with E-state index in [2.05, 4.69) is 20.4 Å². The van der Waals surface area contributed by atoms with Crippen LogP contribution in [-0.4, -0.2) is 19.7 Å². The predicted octanol–water partition coefficient (Wildman–Crippen LogP) is 3.63. The van der Waals surface area contributed by atoms with E-state index in [-0.39, 0.29) is 5.82 Å². The second-order valence-corrected chi connectivity index (χ2v) is 5.80. The normalized spacial score (nSPS) is 11.0. The first-order chi connectivity index (χ1) is 11.3. The molecule has 0 aliphatic carbocycles. The van der Waals surface area contributed by atoms with Crippen LogP contribution in [-0.2, 0) is 6.54 Å². The Hall–Kier alpha value is -2.80. The Morgan fingerprint density at radius 2 is 2.13 bits per heavy atom. The summed E-state index contributed by atoms with van der Waals surface area (Å²) in [5.41, 5.74) is 1.25. The lowest BCUT2D eigenvalue weighted by molar-refractivity contribution is 0.609. The van der Waals surface area contributed by atoms with Crippen molar-refractivity contribution in [1.82, 2.24) is 19.7 Å². The van der Waals surface area contributed by atoms with Gasteiger partial charge in [0.2, 0.25) is 0 Å². The zero-order valence-corrected chi connectivity index (χ0v) is 12.8. The molecule has 0 radical (unpaired) electrons. The summed E-state index contributed by atoms with van der Waals surface area (Å²) in [4.78, 5) is 9.37. The Morgan fingerprint density at radius 1 is 1.17 bits per heavy atom. The van der Waals surface area contributed by atoms with E-state index in [1.807, 2.05) is 17.5 Å². The monoisotopic (exact) mass is 325 g/mol. The molecule has 3 aromatic heterocycles. The minimum Gasteiger partial charge on any atom is -0.365 e. The lowest BCUT2D eigenvalue weighted by atomic mass is 10.1. The fourth-order valence-electron chi connectivity index (χ4n) is 2.45. The van der Waals surface area contributed by atoms with Crippen molar-refractivity contribution in [1.29, 1.82) is 0 Å². The van der Waals surface area contributed by atoms with Gasteiger partial charge in [0.15, 0.2) is 0 Å². The number of rotatable bonds is 4. The Kier molecular flexibility index (Phi) is 3.47. The molecule has 4 aromatic rings. The van der Waals surface area contributed by atoms with Gasteiger partial charge in [0, 0.05) is 24.5 Å². The molecule has 0 amide bonds. The number of fused-ring (bicyclic) bond motifs is 1. The highest BCUT2D eigenvalue weighted by Gasteiger charge is 2.12.